The second kappa shape index (κ2) is 4.39. The molecule has 0 saturated heterocycles. The van der Waals surface area contributed by atoms with Crippen LogP contribution in [-0.2, 0) is 13.5 Å². The Kier molecular flexibility index (Phi) is 2.71. The molecule has 0 saturated carbocycles. The first-order chi connectivity index (χ1) is 9.15. The van der Waals surface area contributed by atoms with Gasteiger partial charge in [-0.05, 0) is 30.7 Å². The summed E-state index contributed by atoms with van der Waals surface area (Å²) in [7, 11) is 2.05. The van der Waals surface area contributed by atoms with E-state index in [9.17, 15) is 0 Å². The molecule has 0 aliphatic heterocycles. The van der Waals surface area contributed by atoms with E-state index in [1.54, 1.807) is 0 Å². The number of hydrogen-bond donors (Lipinski definition) is 1. The summed E-state index contributed by atoms with van der Waals surface area (Å²) < 4.78 is 2.13. The summed E-state index contributed by atoms with van der Waals surface area (Å²) in [6.07, 6.45) is 0.768. The van der Waals surface area contributed by atoms with Gasteiger partial charge in [0, 0.05) is 19.2 Å². The van der Waals surface area contributed by atoms with Gasteiger partial charge in [0.2, 0.25) is 0 Å². The number of pyridine rings is 1. The summed E-state index contributed by atoms with van der Waals surface area (Å²) in [5.74, 6) is 1.60. The Morgan fingerprint density at radius 3 is 2.63 bits per heavy atom. The van der Waals surface area contributed by atoms with E-state index in [0.717, 1.165) is 34.5 Å². The van der Waals surface area contributed by atoms with E-state index in [4.69, 9.17) is 5.73 Å². The van der Waals surface area contributed by atoms with Crippen molar-refractivity contribution in [3.8, 4) is 0 Å². The van der Waals surface area contributed by atoms with Crippen molar-refractivity contribution < 1.29 is 0 Å². The molecule has 96 valence electrons. The second-order valence-electron chi connectivity index (χ2n) is 4.73. The molecular weight excluding hydrogens is 236 g/mol. The Labute approximate surface area is 111 Å². The molecule has 3 aromatic rings. The summed E-state index contributed by atoms with van der Waals surface area (Å²) >= 11 is 0. The highest BCUT2D eigenvalue weighted by molar-refractivity contribution is 5.75. The molecule has 0 amide bonds. The first kappa shape index (κ1) is 11.7. The van der Waals surface area contributed by atoms with Crippen molar-refractivity contribution in [2.75, 3.05) is 5.73 Å². The van der Waals surface area contributed by atoms with Crippen LogP contribution in [0.25, 0.3) is 11.0 Å². The van der Waals surface area contributed by atoms with Crippen LogP contribution >= 0.6 is 0 Å². The third-order valence-electron chi connectivity index (χ3n) is 3.45. The predicted molar refractivity (Wildman–Crippen MR) is 76.9 cm³/mol. The van der Waals surface area contributed by atoms with Crippen LogP contribution in [-0.4, -0.2) is 14.5 Å². The van der Waals surface area contributed by atoms with E-state index in [2.05, 4.69) is 20.6 Å². The van der Waals surface area contributed by atoms with Gasteiger partial charge < -0.3 is 10.3 Å². The van der Waals surface area contributed by atoms with Crippen LogP contribution < -0.4 is 5.73 Å². The van der Waals surface area contributed by atoms with Crippen LogP contribution in [0.1, 0.15) is 17.1 Å². The monoisotopic (exact) mass is 252 g/mol. The fraction of sp³-hybridized carbons (Fsp3) is 0.200. The lowest BCUT2D eigenvalue weighted by Gasteiger charge is -2.06. The number of nitrogen functional groups attached to an aromatic ring is 1. The van der Waals surface area contributed by atoms with Crippen molar-refractivity contribution in [1.29, 1.82) is 0 Å². The minimum absolute atomic E-state index is 0.561. The summed E-state index contributed by atoms with van der Waals surface area (Å²) in [5, 5.41) is 0. The Morgan fingerprint density at radius 1 is 1.11 bits per heavy atom. The SMILES string of the molecule is Cc1nc(N)ccc1Cc1nc2ccccc2n1C. The number of nitrogens with zero attached hydrogens (tertiary/aromatic N) is 3. The maximum Gasteiger partial charge on any atom is 0.123 e. The number of imidazole rings is 1. The van der Waals surface area contributed by atoms with Crippen molar-refractivity contribution in [2.24, 2.45) is 7.05 Å². The van der Waals surface area contributed by atoms with Crippen LogP contribution in [0.15, 0.2) is 36.4 Å². The number of aryl methyl sites for hydroxylation is 2. The minimum Gasteiger partial charge on any atom is -0.384 e. The summed E-state index contributed by atoms with van der Waals surface area (Å²) in [6.45, 7) is 1.98. The van der Waals surface area contributed by atoms with E-state index < -0.39 is 0 Å². The van der Waals surface area contributed by atoms with Gasteiger partial charge in [-0.25, -0.2) is 9.97 Å². The predicted octanol–water partition coefficient (Wildman–Crippen LogP) is 2.45. The van der Waals surface area contributed by atoms with E-state index >= 15 is 0 Å². The molecule has 4 nitrogen and oxygen atoms in total. The van der Waals surface area contributed by atoms with Crippen molar-refractivity contribution in [1.82, 2.24) is 14.5 Å². The zero-order valence-corrected chi connectivity index (χ0v) is 11.1. The molecule has 0 bridgehead atoms. The topological polar surface area (TPSA) is 56.7 Å². The highest BCUT2D eigenvalue weighted by atomic mass is 15.1. The van der Waals surface area contributed by atoms with Crippen molar-refractivity contribution in [3.05, 3.63) is 53.5 Å². The normalized spacial score (nSPS) is 11.1. The summed E-state index contributed by atoms with van der Waals surface area (Å²) in [5.41, 5.74) is 9.99. The Morgan fingerprint density at radius 2 is 1.89 bits per heavy atom. The number of rotatable bonds is 2. The molecule has 0 unspecified atom stereocenters. The fourth-order valence-electron chi connectivity index (χ4n) is 2.32. The number of hydrogen-bond acceptors (Lipinski definition) is 3. The van der Waals surface area contributed by atoms with Gasteiger partial charge in [0.25, 0.3) is 0 Å². The number of aromatic nitrogens is 3. The highest BCUT2D eigenvalue weighted by Crippen LogP contribution is 2.18. The molecular formula is C15H16N4. The average Bonchev–Trinajstić information content (AvgIpc) is 2.70. The molecule has 0 fully saturated rings. The summed E-state index contributed by atoms with van der Waals surface area (Å²) in [4.78, 5) is 8.97. The quantitative estimate of drug-likeness (QED) is 0.762. The molecule has 4 heteroatoms. The third-order valence-corrected chi connectivity index (χ3v) is 3.45. The van der Waals surface area contributed by atoms with Crippen LogP contribution in [0.3, 0.4) is 0 Å². The van der Waals surface area contributed by atoms with Crippen LogP contribution in [0.4, 0.5) is 5.82 Å². The first-order valence-electron chi connectivity index (χ1n) is 6.27. The number of anilines is 1. The van der Waals surface area contributed by atoms with Gasteiger partial charge in [-0.2, -0.15) is 0 Å². The highest BCUT2D eigenvalue weighted by Gasteiger charge is 2.09. The van der Waals surface area contributed by atoms with E-state index in [1.807, 2.05) is 44.3 Å². The largest absolute Gasteiger partial charge is 0.384 e. The number of fused-ring (bicyclic) bond motifs is 1. The van der Waals surface area contributed by atoms with Gasteiger partial charge >= 0.3 is 0 Å². The molecule has 0 spiro atoms. The number of benzene rings is 1. The van der Waals surface area contributed by atoms with Crippen LogP contribution in [0.2, 0.25) is 0 Å². The second-order valence-corrected chi connectivity index (χ2v) is 4.73. The molecule has 0 atom stereocenters. The fourth-order valence-corrected chi connectivity index (χ4v) is 2.32. The Bertz CT molecular complexity index is 743. The van der Waals surface area contributed by atoms with Crippen LogP contribution in [0.5, 0.6) is 0 Å². The smallest absolute Gasteiger partial charge is 0.123 e. The third kappa shape index (κ3) is 2.05. The average molecular weight is 252 g/mol. The number of para-hydroxylation sites is 2. The first-order valence-corrected chi connectivity index (χ1v) is 6.27. The van der Waals surface area contributed by atoms with Gasteiger partial charge in [0.1, 0.15) is 11.6 Å². The standard InChI is InChI=1S/C15H16N4/c1-10-11(7-8-14(16)17-10)9-15-18-12-5-3-4-6-13(12)19(15)2/h3-8H,9H2,1-2H3,(H2,16,17). The molecule has 0 aliphatic carbocycles. The number of nitrogens with two attached hydrogens (primary N) is 1. The van der Waals surface area contributed by atoms with Crippen molar-refractivity contribution in [2.45, 2.75) is 13.3 Å². The maximum absolute atomic E-state index is 5.68. The molecule has 2 aromatic heterocycles. The molecule has 1 aromatic carbocycles. The molecule has 3 rings (SSSR count). The zero-order chi connectivity index (χ0) is 13.4. The van der Waals surface area contributed by atoms with E-state index in [0.29, 0.717) is 5.82 Å². The van der Waals surface area contributed by atoms with E-state index in [1.165, 1.54) is 0 Å². The molecule has 0 radical (unpaired) electrons. The molecule has 2 heterocycles. The molecule has 0 aliphatic rings. The Balaban J connectivity index is 2.03. The maximum atomic E-state index is 5.68. The van der Waals surface area contributed by atoms with Gasteiger partial charge in [-0.3, -0.25) is 0 Å². The van der Waals surface area contributed by atoms with Crippen LogP contribution in [0, 0.1) is 6.92 Å². The van der Waals surface area contributed by atoms with Crippen molar-refractivity contribution >= 4 is 16.9 Å². The van der Waals surface area contributed by atoms with E-state index in [-0.39, 0.29) is 0 Å². The molecule has 19 heavy (non-hydrogen) atoms. The Hall–Kier alpha value is -2.36. The van der Waals surface area contributed by atoms with Gasteiger partial charge in [-0.1, -0.05) is 18.2 Å². The summed E-state index contributed by atoms with van der Waals surface area (Å²) in [6, 6.07) is 12.0. The lowest BCUT2D eigenvalue weighted by Crippen LogP contribution is -2.03. The van der Waals surface area contributed by atoms with Gasteiger partial charge in [0.15, 0.2) is 0 Å². The van der Waals surface area contributed by atoms with Crippen molar-refractivity contribution in [3.63, 3.8) is 0 Å². The lowest BCUT2D eigenvalue weighted by atomic mass is 10.1. The van der Waals surface area contributed by atoms with Gasteiger partial charge in [0.05, 0.1) is 11.0 Å². The van der Waals surface area contributed by atoms with Gasteiger partial charge in [-0.15, -0.1) is 0 Å². The minimum atomic E-state index is 0.561. The zero-order valence-electron chi connectivity index (χ0n) is 11.1. The molecule has 2 N–H and O–H groups in total. The lowest BCUT2D eigenvalue weighted by molar-refractivity contribution is 0.839.